The van der Waals surface area contributed by atoms with Gasteiger partial charge in [-0.15, -0.1) is 0 Å². The van der Waals surface area contributed by atoms with Gasteiger partial charge in [0.25, 0.3) is 15.9 Å². The van der Waals surface area contributed by atoms with Gasteiger partial charge in [0.15, 0.2) is 6.61 Å². The molecule has 3 aromatic carbocycles. The van der Waals surface area contributed by atoms with Crippen LogP contribution >= 0.6 is 15.9 Å². The van der Waals surface area contributed by atoms with E-state index in [9.17, 15) is 13.2 Å². The van der Waals surface area contributed by atoms with Gasteiger partial charge in [-0.25, -0.2) is 8.42 Å². The number of hydrogen-bond donors (Lipinski definition) is 2. The molecule has 3 rings (SSSR count). The molecule has 0 aliphatic rings. The Labute approximate surface area is 208 Å². The van der Waals surface area contributed by atoms with Crippen LogP contribution in [0.5, 0.6) is 11.5 Å². The van der Waals surface area contributed by atoms with E-state index in [1.807, 2.05) is 38.1 Å². The number of nitrogens with one attached hydrogen (secondary N) is 2. The summed E-state index contributed by atoms with van der Waals surface area (Å²) in [5.74, 6) is 0.823. The van der Waals surface area contributed by atoms with E-state index in [0.29, 0.717) is 29.4 Å². The molecule has 0 saturated heterocycles. The maximum absolute atomic E-state index is 12.8. The molecule has 180 valence electrons. The molecule has 3 aromatic rings. The van der Waals surface area contributed by atoms with Crippen LogP contribution in [0.25, 0.3) is 0 Å². The Morgan fingerprint density at radius 3 is 2.41 bits per heavy atom. The predicted octanol–water partition coefficient (Wildman–Crippen LogP) is 5.21. The van der Waals surface area contributed by atoms with Gasteiger partial charge >= 0.3 is 0 Å². The number of ether oxygens (including phenoxy) is 2. The third-order valence-corrected chi connectivity index (χ3v) is 6.83. The molecule has 9 heteroatoms. The van der Waals surface area contributed by atoms with Crippen LogP contribution in [-0.4, -0.2) is 27.5 Å². The van der Waals surface area contributed by atoms with Crippen molar-refractivity contribution in [2.24, 2.45) is 0 Å². The Kier molecular flexibility index (Phi) is 8.57. The van der Waals surface area contributed by atoms with Crippen molar-refractivity contribution in [3.63, 3.8) is 0 Å². The molecule has 0 spiro atoms. The number of carbonyl (C=O) groups is 1. The van der Waals surface area contributed by atoms with Crippen LogP contribution in [-0.2, 0) is 14.8 Å². The second-order valence-corrected chi connectivity index (χ2v) is 10.2. The highest BCUT2D eigenvalue weighted by Crippen LogP contribution is 2.25. The first-order chi connectivity index (χ1) is 16.2. The van der Waals surface area contributed by atoms with Crippen LogP contribution in [0, 0.1) is 6.92 Å². The van der Waals surface area contributed by atoms with E-state index >= 15 is 0 Å². The molecule has 0 aliphatic carbocycles. The summed E-state index contributed by atoms with van der Waals surface area (Å²) in [5.41, 5.74) is 1.99. The molecular weight excluding hydrogens is 520 g/mol. The maximum atomic E-state index is 12.8. The minimum absolute atomic E-state index is 0.0963. The van der Waals surface area contributed by atoms with Gasteiger partial charge in [0.2, 0.25) is 0 Å². The second-order valence-electron chi connectivity index (χ2n) is 7.62. The molecule has 34 heavy (non-hydrogen) atoms. The molecule has 1 amide bonds. The lowest BCUT2D eigenvalue weighted by molar-refractivity contribution is -0.123. The highest BCUT2D eigenvalue weighted by molar-refractivity contribution is 9.10. The molecule has 0 radical (unpaired) electrons. The summed E-state index contributed by atoms with van der Waals surface area (Å²) in [5, 5.41) is 2.89. The van der Waals surface area contributed by atoms with Crippen molar-refractivity contribution in [2.45, 2.75) is 31.7 Å². The number of amides is 1. The summed E-state index contributed by atoms with van der Waals surface area (Å²) in [6.45, 7) is 5.85. The van der Waals surface area contributed by atoms with Crippen LogP contribution < -0.4 is 19.5 Å². The molecule has 0 aromatic heterocycles. The van der Waals surface area contributed by atoms with Crippen LogP contribution in [0.3, 0.4) is 0 Å². The van der Waals surface area contributed by atoms with Gasteiger partial charge < -0.3 is 14.8 Å². The summed E-state index contributed by atoms with van der Waals surface area (Å²) < 4.78 is 40.0. The molecule has 2 N–H and O–H groups in total. The summed E-state index contributed by atoms with van der Waals surface area (Å²) >= 11 is 3.42. The summed E-state index contributed by atoms with van der Waals surface area (Å²) in [7, 11) is -3.79. The van der Waals surface area contributed by atoms with Crippen molar-refractivity contribution in [1.29, 1.82) is 0 Å². The minimum atomic E-state index is -3.79. The first kappa shape index (κ1) is 25.6. The average molecular weight is 547 g/mol. The van der Waals surface area contributed by atoms with Gasteiger partial charge in [-0.3, -0.25) is 9.52 Å². The highest BCUT2D eigenvalue weighted by atomic mass is 79.9. The van der Waals surface area contributed by atoms with Crippen LogP contribution in [0.2, 0.25) is 0 Å². The topological polar surface area (TPSA) is 93.7 Å². The summed E-state index contributed by atoms with van der Waals surface area (Å²) in [4.78, 5) is 12.4. The van der Waals surface area contributed by atoms with E-state index in [4.69, 9.17) is 9.47 Å². The Hall–Kier alpha value is -3.04. The van der Waals surface area contributed by atoms with E-state index in [0.717, 1.165) is 10.0 Å². The number of carbonyl (C=O) groups excluding carboxylic acids is 1. The zero-order valence-electron chi connectivity index (χ0n) is 19.2. The zero-order chi connectivity index (χ0) is 24.7. The fourth-order valence-electron chi connectivity index (χ4n) is 3.24. The highest BCUT2D eigenvalue weighted by Gasteiger charge is 2.17. The third-order valence-electron chi connectivity index (χ3n) is 4.96. The van der Waals surface area contributed by atoms with Crippen LogP contribution in [0.15, 0.2) is 76.1 Å². The Morgan fingerprint density at radius 1 is 1.03 bits per heavy atom. The first-order valence-corrected chi connectivity index (χ1v) is 13.0. The van der Waals surface area contributed by atoms with E-state index in [1.165, 1.54) is 12.1 Å². The van der Waals surface area contributed by atoms with Crippen LogP contribution in [0.4, 0.5) is 5.69 Å². The molecule has 0 fully saturated rings. The fourth-order valence-corrected chi connectivity index (χ4v) is 4.80. The predicted molar refractivity (Wildman–Crippen MR) is 136 cm³/mol. The normalized spacial score (nSPS) is 12.0. The second kappa shape index (κ2) is 11.4. The number of sulfonamides is 1. The lowest BCUT2D eigenvalue weighted by Crippen LogP contribution is -2.31. The molecular formula is C25H27BrN2O5S. The van der Waals surface area contributed by atoms with Gasteiger partial charge in [-0.1, -0.05) is 28.1 Å². The molecule has 1 atom stereocenters. The number of benzene rings is 3. The molecule has 0 saturated carbocycles. The van der Waals surface area contributed by atoms with Crippen molar-refractivity contribution in [3.8, 4) is 11.5 Å². The molecule has 0 bridgehead atoms. The van der Waals surface area contributed by atoms with Gasteiger partial charge in [0.05, 0.1) is 17.5 Å². The summed E-state index contributed by atoms with van der Waals surface area (Å²) in [6, 6.07) is 18.7. The standard InChI is InChI=1S/C25H27BrN2O5S/c1-4-32-22-10-8-21(9-11-22)28-34(30,31)23-12-13-24(17(2)14-23)33-16-25(29)27-18(3)19-6-5-7-20(26)15-19/h5-15,18,28H,4,16H2,1-3H3,(H,27,29). The lowest BCUT2D eigenvalue weighted by Gasteiger charge is -2.16. The van der Waals surface area contributed by atoms with E-state index in [2.05, 4.69) is 26.0 Å². The Balaban J connectivity index is 1.60. The SMILES string of the molecule is CCOc1ccc(NS(=O)(=O)c2ccc(OCC(=O)NC(C)c3cccc(Br)c3)c(C)c2)cc1. The number of aryl methyl sites for hydroxylation is 1. The van der Waals surface area contributed by atoms with E-state index in [-0.39, 0.29) is 23.5 Å². The number of rotatable bonds is 10. The number of halogens is 1. The minimum Gasteiger partial charge on any atom is -0.494 e. The smallest absolute Gasteiger partial charge is 0.261 e. The van der Waals surface area contributed by atoms with Gasteiger partial charge in [0.1, 0.15) is 11.5 Å². The lowest BCUT2D eigenvalue weighted by atomic mass is 10.1. The van der Waals surface area contributed by atoms with Crippen molar-refractivity contribution in [2.75, 3.05) is 17.9 Å². The van der Waals surface area contributed by atoms with Crippen molar-refractivity contribution in [1.82, 2.24) is 5.32 Å². The van der Waals surface area contributed by atoms with Crippen LogP contribution in [0.1, 0.15) is 31.0 Å². The maximum Gasteiger partial charge on any atom is 0.261 e. The van der Waals surface area contributed by atoms with Crippen molar-refractivity contribution >= 4 is 37.5 Å². The molecule has 1 unspecified atom stereocenters. The third kappa shape index (κ3) is 6.98. The van der Waals surface area contributed by atoms with E-state index < -0.39 is 10.0 Å². The quantitative estimate of drug-likeness (QED) is 0.364. The Morgan fingerprint density at radius 2 is 1.76 bits per heavy atom. The largest absolute Gasteiger partial charge is 0.494 e. The number of hydrogen-bond acceptors (Lipinski definition) is 5. The van der Waals surface area contributed by atoms with Gasteiger partial charge in [-0.05, 0) is 86.5 Å². The van der Waals surface area contributed by atoms with Crippen molar-refractivity contribution in [3.05, 3.63) is 82.3 Å². The fraction of sp³-hybridized carbons (Fsp3) is 0.240. The zero-order valence-corrected chi connectivity index (χ0v) is 21.6. The first-order valence-electron chi connectivity index (χ1n) is 10.7. The van der Waals surface area contributed by atoms with Crippen molar-refractivity contribution < 1.29 is 22.7 Å². The Bertz CT molecular complexity index is 1250. The van der Waals surface area contributed by atoms with E-state index in [1.54, 1.807) is 37.3 Å². The molecule has 0 heterocycles. The number of anilines is 1. The van der Waals surface area contributed by atoms with Gasteiger partial charge in [0, 0.05) is 10.2 Å². The monoisotopic (exact) mass is 546 g/mol. The van der Waals surface area contributed by atoms with Gasteiger partial charge in [-0.2, -0.15) is 0 Å². The molecule has 0 aliphatic heterocycles. The molecule has 7 nitrogen and oxygen atoms in total. The summed E-state index contributed by atoms with van der Waals surface area (Å²) in [6.07, 6.45) is 0. The average Bonchev–Trinajstić information content (AvgIpc) is 2.79.